The number of hydrogen-bond donors (Lipinski definition) is 1. The first-order valence-electron chi connectivity index (χ1n) is 8.84. The molecular weight excluding hydrogens is 365 g/mol. The van der Waals surface area contributed by atoms with Crippen molar-refractivity contribution in [1.29, 1.82) is 5.26 Å². The summed E-state index contributed by atoms with van der Waals surface area (Å²) in [5.41, 5.74) is 7.73. The third-order valence-electron chi connectivity index (χ3n) is 4.74. The molecule has 0 unspecified atom stereocenters. The lowest BCUT2D eigenvalue weighted by molar-refractivity contribution is 0.592. The average molecular weight is 383 g/mol. The number of nitrogen functional groups attached to an aromatic ring is 1. The highest BCUT2D eigenvalue weighted by molar-refractivity contribution is 7.85. The highest BCUT2D eigenvalue weighted by Gasteiger charge is 2.34. The molecule has 4 nitrogen and oxygen atoms in total. The first-order valence-corrected chi connectivity index (χ1v) is 10.5. The van der Waals surface area contributed by atoms with Crippen molar-refractivity contribution in [3.05, 3.63) is 103 Å². The van der Waals surface area contributed by atoms with Gasteiger partial charge < -0.3 is 14.9 Å². The molecule has 28 heavy (non-hydrogen) atoms. The van der Waals surface area contributed by atoms with E-state index >= 15 is 0 Å². The largest absolute Gasteiger partial charge is 0.396 e. The van der Waals surface area contributed by atoms with Crippen LogP contribution in [0.4, 0.5) is 5.69 Å². The lowest BCUT2D eigenvalue weighted by Gasteiger charge is -2.19. The van der Waals surface area contributed by atoms with Crippen LogP contribution in [0.1, 0.15) is 5.69 Å². The SMILES string of the molecule is N#Cc1c(N)c(P(=O)(c2ccccc2)c2ccccc2)cn1-c1ccccc1. The topological polar surface area (TPSA) is 71.8 Å². The van der Waals surface area contributed by atoms with Gasteiger partial charge in [-0.1, -0.05) is 78.9 Å². The van der Waals surface area contributed by atoms with Gasteiger partial charge in [-0.3, -0.25) is 0 Å². The van der Waals surface area contributed by atoms with E-state index in [1.807, 2.05) is 91.0 Å². The number of rotatable bonds is 4. The van der Waals surface area contributed by atoms with Gasteiger partial charge >= 0.3 is 0 Å². The smallest absolute Gasteiger partial charge is 0.174 e. The van der Waals surface area contributed by atoms with Gasteiger partial charge in [-0.25, -0.2) is 0 Å². The second-order valence-corrected chi connectivity index (χ2v) is 9.11. The van der Waals surface area contributed by atoms with E-state index < -0.39 is 7.14 Å². The van der Waals surface area contributed by atoms with Crippen LogP contribution in [0.3, 0.4) is 0 Å². The summed E-state index contributed by atoms with van der Waals surface area (Å²) in [6, 6.07) is 30.2. The Bertz CT molecular complexity index is 1150. The minimum absolute atomic E-state index is 0.252. The third kappa shape index (κ3) is 2.83. The molecule has 0 aliphatic rings. The molecule has 3 aromatic carbocycles. The van der Waals surface area contributed by atoms with Crippen molar-refractivity contribution in [1.82, 2.24) is 4.57 Å². The van der Waals surface area contributed by atoms with Crippen LogP contribution >= 0.6 is 7.14 Å². The monoisotopic (exact) mass is 383 g/mol. The Morgan fingerprint density at radius 2 is 1.25 bits per heavy atom. The second kappa shape index (κ2) is 7.23. The number of hydrogen-bond acceptors (Lipinski definition) is 3. The fourth-order valence-corrected chi connectivity index (χ4v) is 6.13. The Morgan fingerprint density at radius 1 is 0.786 bits per heavy atom. The molecule has 1 heterocycles. The zero-order valence-corrected chi connectivity index (χ0v) is 16.0. The molecule has 2 N–H and O–H groups in total. The lowest BCUT2D eigenvalue weighted by Crippen LogP contribution is -2.26. The molecule has 1 aromatic heterocycles. The molecule has 0 saturated heterocycles. The molecule has 0 fully saturated rings. The van der Waals surface area contributed by atoms with Crippen molar-refractivity contribution in [3.63, 3.8) is 0 Å². The fraction of sp³-hybridized carbons (Fsp3) is 0. The maximum atomic E-state index is 14.5. The van der Waals surface area contributed by atoms with Gasteiger partial charge in [0.25, 0.3) is 0 Å². The number of aromatic nitrogens is 1. The van der Waals surface area contributed by atoms with Gasteiger partial charge in [0, 0.05) is 22.5 Å². The molecule has 0 bridgehead atoms. The summed E-state index contributed by atoms with van der Waals surface area (Å²) in [6.45, 7) is 0. The van der Waals surface area contributed by atoms with Crippen LogP contribution in [0.25, 0.3) is 5.69 Å². The van der Waals surface area contributed by atoms with Crippen LogP contribution < -0.4 is 21.6 Å². The van der Waals surface area contributed by atoms with Gasteiger partial charge in [-0.05, 0) is 12.1 Å². The predicted octanol–water partition coefficient (Wildman–Crippen LogP) is 3.57. The third-order valence-corrected chi connectivity index (χ3v) is 7.83. The summed E-state index contributed by atoms with van der Waals surface area (Å²) in [5, 5.41) is 11.6. The van der Waals surface area contributed by atoms with Gasteiger partial charge in [-0.15, -0.1) is 0 Å². The summed E-state index contributed by atoms with van der Waals surface area (Å²) in [6.07, 6.45) is 1.74. The average Bonchev–Trinajstić information content (AvgIpc) is 3.11. The summed E-state index contributed by atoms with van der Waals surface area (Å²) in [7, 11) is -3.25. The van der Waals surface area contributed by atoms with Gasteiger partial charge in [-0.2, -0.15) is 5.26 Å². The molecule has 0 aliphatic heterocycles. The molecular formula is C23H18N3OP. The van der Waals surface area contributed by atoms with Crippen molar-refractivity contribution >= 4 is 28.7 Å². The van der Waals surface area contributed by atoms with Gasteiger partial charge in [0.05, 0.1) is 11.0 Å². The maximum Gasteiger partial charge on any atom is 0.174 e. The van der Waals surface area contributed by atoms with E-state index in [1.165, 1.54) is 0 Å². The van der Waals surface area contributed by atoms with E-state index in [0.29, 0.717) is 15.9 Å². The second-order valence-electron chi connectivity index (χ2n) is 6.37. The number of nitrogens with zero attached hydrogens (tertiary/aromatic N) is 2. The van der Waals surface area contributed by atoms with E-state index in [9.17, 15) is 9.83 Å². The van der Waals surface area contributed by atoms with E-state index in [2.05, 4.69) is 6.07 Å². The maximum absolute atomic E-state index is 14.5. The van der Waals surface area contributed by atoms with E-state index in [-0.39, 0.29) is 11.4 Å². The molecule has 136 valence electrons. The van der Waals surface area contributed by atoms with Crippen molar-refractivity contribution in [2.75, 3.05) is 5.73 Å². The Balaban J connectivity index is 2.03. The van der Waals surface area contributed by atoms with Crippen LogP contribution in [-0.4, -0.2) is 4.57 Å². The Hall–Kier alpha value is -3.54. The normalized spacial score (nSPS) is 11.1. The zero-order chi connectivity index (χ0) is 19.6. The fourth-order valence-electron chi connectivity index (χ4n) is 3.37. The molecule has 4 aromatic rings. The zero-order valence-electron chi connectivity index (χ0n) is 15.1. The quantitative estimate of drug-likeness (QED) is 0.548. The van der Waals surface area contributed by atoms with Crippen LogP contribution in [0.5, 0.6) is 0 Å². The van der Waals surface area contributed by atoms with Crippen LogP contribution in [0.2, 0.25) is 0 Å². The molecule has 0 saturated carbocycles. The Kier molecular flexibility index (Phi) is 4.61. The van der Waals surface area contributed by atoms with Crippen molar-refractivity contribution in [2.45, 2.75) is 0 Å². The number of nitriles is 1. The number of nitrogens with two attached hydrogens (primary N) is 1. The van der Waals surface area contributed by atoms with Gasteiger partial charge in [0.1, 0.15) is 11.8 Å². The summed E-state index contributed by atoms with van der Waals surface area (Å²) in [4.78, 5) is 0. The molecule has 4 rings (SSSR count). The number of anilines is 1. The Morgan fingerprint density at radius 3 is 1.71 bits per heavy atom. The number of para-hydroxylation sites is 1. The lowest BCUT2D eigenvalue weighted by atomic mass is 10.3. The summed E-state index contributed by atoms with van der Waals surface area (Å²) in [5.74, 6) is 0. The van der Waals surface area contributed by atoms with E-state index in [0.717, 1.165) is 5.69 Å². The van der Waals surface area contributed by atoms with Crippen molar-refractivity contribution in [3.8, 4) is 11.8 Å². The van der Waals surface area contributed by atoms with E-state index in [4.69, 9.17) is 5.73 Å². The molecule has 0 amide bonds. The molecule has 0 atom stereocenters. The summed E-state index contributed by atoms with van der Waals surface area (Å²) >= 11 is 0. The standard InChI is InChI=1S/C23H18N3OP/c24-16-21-23(25)22(17-26(21)18-10-4-1-5-11-18)28(27,19-12-6-2-7-13-19)20-14-8-3-9-15-20/h1-15,17H,25H2. The van der Waals surface area contributed by atoms with E-state index in [1.54, 1.807) is 10.8 Å². The van der Waals surface area contributed by atoms with Crippen molar-refractivity contribution in [2.24, 2.45) is 0 Å². The Labute approximate surface area is 163 Å². The van der Waals surface area contributed by atoms with Gasteiger partial charge in [0.15, 0.2) is 7.14 Å². The highest BCUT2D eigenvalue weighted by Crippen LogP contribution is 2.45. The number of benzene rings is 3. The van der Waals surface area contributed by atoms with Crippen LogP contribution in [-0.2, 0) is 4.57 Å². The molecule has 5 heteroatoms. The molecule has 0 radical (unpaired) electrons. The first kappa shape index (κ1) is 17.9. The predicted molar refractivity (Wildman–Crippen MR) is 114 cm³/mol. The highest BCUT2D eigenvalue weighted by atomic mass is 31.2. The minimum atomic E-state index is -3.25. The van der Waals surface area contributed by atoms with Crippen LogP contribution in [0, 0.1) is 11.3 Å². The molecule has 0 aliphatic carbocycles. The first-order chi connectivity index (χ1) is 13.7. The molecule has 0 spiro atoms. The van der Waals surface area contributed by atoms with Gasteiger partial charge in [0.2, 0.25) is 0 Å². The minimum Gasteiger partial charge on any atom is -0.396 e. The van der Waals surface area contributed by atoms with Crippen molar-refractivity contribution < 1.29 is 4.57 Å². The summed E-state index contributed by atoms with van der Waals surface area (Å²) < 4.78 is 16.3. The van der Waals surface area contributed by atoms with Crippen LogP contribution in [0.15, 0.2) is 97.2 Å².